The SMILES string of the molecule is COC1=C(OC)C(=O)C(Sc2ccc(O)cc2)=C(Sc2ccc(O)cc2)C1=O. The van der Waals surface area contributed by atoms with E-state index in [1.54, 1.807) is 24.3 Å². The molecule has 1 aliphatic rings. The third-order valence-corrected chi connectivity index (χ3v) is 6.09. The molecule has 0 unspecified atom stereocenters. The third-order valence-electron chi connectivity index (χ3n) is 3.76. The average Bonchev–Trinajstić information content (AvgIpc) is 2.70. The molecule has 8 heteroatoms. The number of ether oxygens (including phenoxy) is 2. The number of hydrogen-bond acceptors (Lipinski definition) is 8. The van der Waals surface area contributed by atoms with Crippen molar-refractivity contribution in [1.29, 1.82) is 0 Å². The molecule has 1 aliphatic carbocycles. The summed E-state index contributed by atoms with van der Waals surface area (Å²) < 4.78 is 10.3. The fourth-order valence-corrected chi connectivity index (χ4v) is 4.45. The monoisotopic (exact) mass is 416 g/mol. The van der Waals surface area contributed by atoms with E-state index in [0.717, 1.165) is 23.5 Å². The maximum absolute atomic E-state index is 13.0. The number of Topliss-reactive ketones (excluding diaryl/α,β-unsaturated/α-hetero) is 2. The molecule has 2 aromatic rings. The summed E-state index contributed by atoms with van der Waals surface area (Å²) in [5, 5.41) is 18.9. The fraction of sp³-hybridized carbons (Fsp3) is 0.100. The fourth-order valence-electron chi connectivity index (χ4n) is 2.44. The van der Waals surface area contributed by atoms with E-state index < -0.39 is 11.6 Å². The van der Waals surface area contributed by atoms with Gasteiger partial charge in [-0.3, -0.25) is 9.59 Å². The van der Waals surface area contributed by atoms with Crippen molar-refractivity contribution in [3.63, 3.8) is 0 Å². The number of carbonyl (C=O) groups excluding carboxylic acids is 2. The number of ketones is 2. The maximum Gasteiger partial charge on any atom is 0.239 e. The minimum atomic E-state index is -0.460. The topological polar surface area (TPSA) is 93.1 Å². The smallest absolute Gasteiger partial charge is 0.239 e. The van der Waals surface area contributed by atoms with Crippen molar-refractivity contribution in [2.75, 3.05) is 14.2 Å². The van der Waals surface area contributed by atoms with Gasteiger partial charge in [0.05, 0.1) is 24.0 Å². The second kappa shape index (κ2) is 8.45. The molecular weight excluding hydrogens is 400 g/mol. The zero-order valence-corrected chi connectivity index (χ0v) is 16.6. The number of aromatic hydroxyl groups is 2. The highest BCUT2D eigenvalue weighted by molar-refractivity contribution is 8.08. The molecule has 144 valence electrons. The van der Waals surface area contributed by atoms with E-state index in [1.165, 1.54) is 38.5 Å². The van der Waals surface area contributed by atoms with Gasteiger partial charge in [0, 0.05) is 9.79 Å². The molecule has 0 fully saturated rings. The molecule has 0 bridgehead atoms. The number of phenols is 2. The van der Waals surface area contributed by atoms with Gasteiger partial charge in [0.1, 0.15) is 11.5 Å². The minimum absolute atomic E-state index is 0.0993. The van der Waals surface area contributed by atoms with Crippen molar-refractivity contribution in [3.8, 4) is 11.5 Å². The van der Waals surface area contributed by atoms with Crippen LogP contribution in [0.1, 0.15) is 0 Å². The van der Waals surface area contributed by atoms with Crippen molar-refractivity contribution in [2.45, 2.75) is 9.79 Å². The molecule has 0 amide bonds. The highest BCUT2D eigenvalue weighted by atomic mass is 32.2. The summed E-state index contributed by atoms with van der Waals surface area (Å²) in [6.45, 7) is 0. The van der Waals surface area contributed by atoms with Crippen LogP contribution in [0.15, 0.2) is 79.7 Å². The second-order valence-electron chi connectivity index (χ2n) is 5.57. The summed E-state index contributed by atoms with van der Waals surface area (Å²) in [4.78, 5) is 27.8. The van der Waals surface area contributed by atoms with Gasteiger partial charge < -0.3 is 19.7 Å². The highest BCUT2D eigenvalue weighted by Gasteiger charge is 2.38. The molecule has 0 saturated heterocycles. The first-order valence-corrected chi connectivity index (χ1v) is 9.67. The maximum atomic E-state index is 13.0. The van der Waals surface area contributed by atoms with Crippen LogP contribution < -0.4 is 0 Å². The number of benzene rings is 2. The normalized spacial score (nSPS) is 14.5. The van der Waals surface area contributed by atoms with Crippen LogP contribution in [0.2, 0.25) is 0 Å². The molecule has 0 radical (unpaired) electrons. The average molecular weight is 416 g/mol. The Morgan fingerprint density at radius 2 is 0.964 bits per heavy atom. The van der Waals surface area contributed by atoms with Gasteiger partial charge in [0.15, 0.2) is 0 Å². The predicted molar refractivity (Wildman–Crippen MR) is 106 cm³/mol. The third kappa shape index (κ3) is 4.02. The molecule has 6 nitrogen and oxygen atoms in total. The van der Waals surface area contributed by atoms with Crippen molar-refractivity contribution in [3.05, 3.63) is 69.9 Å². The van der Waals surface area contributed by atoms with Gasteiger partial charge in [0.2, 0.25) is 23.1 Å². The molecule has 3 rings (SSSR count). The summed E-state index contributed by atoms with van der Waals surface area (Å²) in [7, 11) is 2.61. The Bertz CT molecular complexity index is 895. The van der Waals surface area contributed by atoms with E-state index in [2.05, 4.69) is 0 Å². The Balaban J connectivity index is 2.06. The summed E-state index contributed by atoms with van der Waals surface area (Å²) in [5.41, 5.74) is 0. The van der Waals surface area contributed by atoms with Crippen molar-refractivity contribution in [2.24, 2.45) is 0 Å². The van der Waals surface area contributed by atoms with Crippen molar-refractivity contribution >= 4 is 35.1 Å². The van der Waals surface area contributed by atoms with Crippen molar-refractivity contribution < 1.29 is 29.3 Å². The summed E-state index contributed by atoms with van der Waals surface area (Å²) in [6, 6.07) is 12.6. The van der Waals surface area contributed by atoms with Crippen LogP contribution in [-0.2, 0) is 19.1 Å². The van der Waals surface area contributed by atoms with Crippen LogP contribution in [0.3, 0.4) is 0 Å². The van der Waals surface area contributed by atoms with Crippen molar-refractivity contribution in [1.82, 2.24) is 0 Å². The lowest BCUT2D eigenvalue weighted by Gasteiger charge is -2.21. The Morgan fingerprint density at radius 3 is 1.25 bits per heavy atom. The van der Waals surface area contributed by atoms with Gasteiger partial charge in [-0.2, -0.15) is 0 Å². The second-order valence-corrected chi connectivity index (χ2v) is 7.74. The van der Waals surface area contributed by atoms with E-state index in [0.29, 0.717) is 9.79 Å². The first-order valence-electron chi connectivity index (χ1n) is 8.04. The van der Waals surface area contributed by atoms with E-state index in [1.807, 2.05) is 0 Å². The first kappa shape index (κ1) is 19.9. The molecular formula is C20H16O6S2. The lowest BCUT2D eigenvalue weighted by atomic mass is 10.1. The lowest BCUT2D eigenvalue weighted by molar-refractivity contribution is -0.120. The lowest BCUT2D eigenvalue weighted by Crippen LogP contribution is -2.23. The molecule has 0 aromatic heterocycles. The molecule has 0 atom stereocenters. The molecule has 2 aromatic carbocycles. The molecule has 2 N–H and O–H groups in total. The van der Waals surface area contributed by atoms with Crippen LogP contribution in [0.5, 0.6) is 11.5 Å². The van der Waals surface area contributed by atoms with Gasteiger partial charge in [-0.05, 0) is 48.5 Å². The van der Waals surface area contributed by atoms with Gasteiger partial charge in [-0.15, -0.1) is 0 Å². The Labute approximate surface area is 169 Å². The Morgan fingerprint density at radius 1 is 0.643 bits per heavy atom. The summed E-state index contributed by atoms with van der Waals surface area (Å²) in [6.07, 6.45) is 0. The molecule has 0 spiro atoms. The van der Waals surface area contributed by atoms with Gasteiger partial charge in [-0.25, -0.2) is 0 Å². The number of hydrogen-bond donors (Lipinski definition) is 2. The minimum Gasteiger partial charge on any atom is -0.508 e. The quantitative estimate of drug-likeness (QED) is 0.686. The molecule has 0 heterocycles. The van der Waals surface area contributed by atoms with Gasteiger partial charge >= 0.3 is 0 Å². The standard InChI is InChI=1S/C20H16O6S2/c1-25-17-15(23)19(27-13-7-3-11(21)4-8-13)20(16(24)18(17)26-2)28-14-9-5-12(22)6-10-14/h3-10,21-22H,1-2H3. The number of carbonyl (C=O) groups is 2. The van der Waals surface area contributed by atoms with E-state index >= 15 is 0 Å². The number of rotatable bonds is 6. The van der Waals surface area contributed by atoms with Gasteiger partial charge in [-0.1, -0.05) is 23.5 Å². The number of allylic oxidation sites excluding steroid dienone is 2. The molecule has 0 saturated carbocycles. The molecule has 28 heavy (non-hydrogen) atoms. The van der Waals surface area contributed by atoms with Gasteiger partial charge in [0.25, 0.3) is 0 Å². The van der Waals surface area contributed by atoms with E-state index in [9.17, 15) is 19.8 Å². The van der Waals surface area contributed by atoms with E-state index in [4.69, 9.17) is 9.47 Å². The summed E-state index contributed by atoms with van der Waals surface area (Å²) in [5.74, 6) is -1.02. The number of methoxy groups -OCH3 is 2. The molecule has 0 aliphatic heterocycles. The first-order chi connectivity index (χ1) is 13.4. The Kier molecular flexibility index (Phi) is 6.01. The largest absolute Gasteiger partial charge is 0.508 e. The van der Waals surface area contributed by atoms with E-state index in [-0.39, 0.29) is 32.8 Å². The zero-order chi connectivity index (χ0) is 20.3. The van der Waals surface area contributed by atoms with Crippen LogP contribution in [0.25, 0.3) is 0 Å². The Hall–Kier alpha value is -2.84. The highest BCUT2D eigenvalue weighted by Crippen LogP contribution is 2.43. The van der Waals surface area contributed by atoms with Crippen LogP contribution >= 0.6 is 23.5 Å². The zero-order valence-electron chi connectivity index (χ0n) is 15.0. The summed E-state index contributed by atoms with van der Waals surface area (Å²) >= 11 is 2.21. The van der Waals surface area contributed by atoms with Crippen LogP contribution in [0, 0.1) is 0 Å². The van der Waals surface area contributed by atoms with Crippen LogP contribution in [-0.4, -0.2) is 36.0 Å². The predicted octanol–water partition coefficient (Wildman–Crippen LogP) is 3.85. The van der Waals surface area contributed by atoms with Crippen LogP contribution in [0.4, 0.5) is 0 Å². The number of phenolic OH excluding ortho intramolecular Hbond substituents is 2. The number of thioether (sulfide) groups is 2.